The molecule has 5 nitrogen and oxygen atoms in total. The number of hydrogen-bond acceptors (Lipinski definition) is 3. The molecule has 2 rings (SSSR count). The summed E-state index contributed by atoms with van der Waals surface area (Å²) < 4.78 is 20.0. The molecular formula is C22H26BrFN2O3. The van der Waals surface area contributed by atoms with Crippen molar-refractivity contribution in [2.75, 3.05) is 13.7 Å². The van der Waals surface area contributed by atoms with Gasteiger partial charge in [0.25, 0.3) is 5.91 Å². The summed E-state index contributed by atoms with van der Waals surface area (Å²) in [6.07, 6.45) is 0.448. The molecule has 2 aromatic rings. The molecule has 0 aromatic heterocycles. The highest BCUT2D eigenvalue weighted by Crippen LogP contribution is 2.26. The van der Waals surface area contributed by atoms with Crippen molar-refractivity contribution in [3.63, 3.8) is 0 Å². The van der Waals surface area contributed by atoms with Gasteiger partial charge in [0.1, 0.15) is 17.6 Å². The molecule has 7 heteroatoms. The van der Waals surface area contributed by atoms with Crippen LogP contribution in [0.4, 0.5) is 4.39 Å². The van der Waals surface area contributed by atoms with E-state index < -0.39 is 6.04 Å². The monoisotopic (exact) mass is 464 g/mol. The van der Waals surface area contributed by atoms with Crippen molar-refractivity contribution in [1.29, 1.82) is 0 Å². The van der Waals surface area contributed by atoms with Gasteiger partial charge in [-0.3, -0.25) is 9.59 Å². The second kappa shape index (κ2) is 10.4. The van der Waals surface area contributed by atoms with Gasteiger partial charge >= 0.3 is 0 Å². The van der Waals surface area contributed by atoms with Gasteiger partial charge in [-0.25, -0.2) is 4.39 Å². The zero-order valence-corrected chi connectivity index (χ0v) is 18.7. The fraction of sp³-hybridized carbons (Fsp3) is 0.364. The Kier molecular flexibility index (Phi) is 8.20. The Balaban J connectivity index is 2.21. The molecule has 0 radical (unpaired) electrons. The van der Waals surface area contributed by atoms with E-state index in [9.17, 15) is 14.0 Å². The number of carbonyl (C=O) groups excluding carboxylic acids is 2. The SMILES string of the molecule is CC[C@@H](C(=O)NC)N(Cc1ccc(F)cc1)C(=O)COc1cc(C)c(Br)c(C)c1. The van der Waals surface area contributed by atoms with E-state index in [0.29, 0.717) is 12.2 Å². The van der Waals surface area contributed by atoms with E-state index in [1.165, 1.54) is 24.1 Å². The molecule has 156 valence electrons. The third-order valence-electron chi connectivity index (χ3n) is 4.67. The Morgan fingerprint density at radius 3 is 2.28 bits per heavy atom. The Morgan fingerprint density at radius 2 is 1.76 bits per heavy atom. The van der Waals surface area contributed by atoms with Crippen LogP contribution in [0.2, 0.25) is 0 Å². The van der Waals surface area contributed by atoms with Crippen molar-refractivity contribution < 1.29 is 18.7 Å². The Bertz CT molecular complexity index is 848. The van der Waals surface area contributed by atoms with Gasteiger partial charge in [0.2, 0.25) is 5.91 Å². The van der Waals surface area contributed by atoms with Crippen molar-refractivity contribution in [2.24, 2.45) is 0 Å². The molecule has 0 saturated heterocycles. The van der Waals surface area contributed by atoms with E-state index in [0.717, 1.165) is 21.2 Å². The minimum absolute atomic E-state index is 0.187. The first-order valence-electron chi connectivity index (χ1n) is 9.41. The summed E-state index contributed by atoms with van der Waals surface area (Å²) in [5.41, 5.74) is 2.75. The fourth-order valence-electron chi connectivity index (χ4n) is 3.09. The number of hydrogen-bond donors (Lipinski definition) is 1. The van der Waals surface area contributed by atoms with E-state index in [1.807, 2.05) is 32.9 Å². The summed E-state index contributed by atoms with van der Waals surface area (Å²) >= 11 is 3.51. The molecule has 0 fully saturated rings. The van der Waals surface area contributed by atoms with Gasteiger partial charge in [-0.15, -0.1) is 0 Å². The molecular weight excluding hydrogens is 439 g/mol. The lowest BCUT2D eigenvalue weighted by Gasteiger charge is -2.30. The molecule has 0 bridgehead atoms. The third kappa shape index (κ3) is 6.03. The fourth-order valence-corrected chi connectivity index (χ4v) is 3.32. The van der Waals surface area contributed by atoms with Crippen molar-refractivity contribution in [3.8, 4) is 5.75 Å². The van der Waals surface area contributed by atoms with Crippen molar-refractivity contribution in [2.45, 2.75) is 39.8 Å². The van der Waals surface area contributed by atoms with Gasteiger partial charge in [0.15, 0.2) is 6.61 Å². The number of benzene rings is 2. The summed E-state index contributed by atoms with van der Waals surface area (Å²) in [4.78, 5) is 26.8. The van der Waals surface area contributed by atoms with Crippen molar-refractivity contribution >= 4 is 27.7 Å². The molecule has 1 atom stereocenters. The summed E-state index contributed by atoms with van der Waals surface area (Å²) in [7, 11) is 1.54. The Hall–Kier alpha value is -2.41. The maximum absolute atomic E-state index is 13.2. The molecule has 29 heavy (non-hydrogen) atoms. The molecule has 0 spiro atoms. The smallest absolute Gasteiger partial charge is 0.261 e. The third-order valence-corrected chi connectivity index (χ3v) is 5.92. The lowest BCUT2D eigenvalue weighted by atomic mass is 10.1. The largest absolute Gasteiger partial charge is 0.484 e. The molecule has 0 aliphatic heterocycles. The predicted molar refractivity (Wildman–Crippen MR) is 114 cm³/mol. The highest BCUT2D eigenvalue weighted by molar-refractivity contribution is 9.10. The summed E-state index contributed by atoms with van der Waals surface area (Å²) in [6, 6.07) is 8.94. The number of amides is 2. The second-order valence-electron chi connectivity index (χ2n) is 6.85. The number of halogens is 2. The van der Waals surface area contributed by atoms with Crippen molar-refractivity contribution in [1.82, 2.24) is 10.2 Å². The molecule has 0 aliphatic carbocycles. The van der Waals surface area contributed by atoms with Gasteiger partial charge in [0.05, 0.1) is 0 Å². The van der Waals surface area contributed by atoms with Gasteiger partial charge < -0.3 is 15.0 Å². The van der Waals surface area contributed by atoms with Crippen molar-refractivity contribution in [3.05, 3.63) is 63.4 Å². The zero-order chi connectivity index (χ0) is 21.6. The lowest BCUT2D eigenvalue weighted by Crippen LogP contribution is -2.49. The van der Waals surface area contributed by atoms with E-state index in [2.05, 4.69) is 21.2 Å². The van der Waals surface area contributed by atoms with Gasteiger partial charge in [-0.1, -0.05) is 35.0 Å². The molecule has 0 aliphatic rings. The number of nitrogens with zero attached hydrogens (tertiary/aromatic N) is 1. The van der Waals surface area contributed by atoms with Crippen LogP contribution in [0.5, 0.6) is 5.75 Å². The Labute approximate surface area is 179 Å². The quantitative estimate of drug-likeness (QED) is 0.638. The molecule has 0 saturated carbocycles. The Morgan fingerprint density at radius 1 is 1.17 bits per heavy atom. The van der Waals surface area contributed by atoms with Crippen LogP contribution < -0.4 is 10.1 Å². The van der Waals surface area contributed by atoms with Gasteiger partial charge in [-0.2, -0.15) is 0 Å². The summed E-state index contributed by atoms with van der Waals surface area (Å²) in [5, 5.41) is 2.60. The van der Waals surface area contributed by atoms with Crippen LogP contribution in [0.15, 0.2) is 40.9 Å². The van der Waals surface area contributed by atoms with Crippen LogP contribution in [-0.4, -0.2) is 36.4 Å². The molecule has 0 heterocycles. The van der Waals surface area contributed by atoms with Crippen LogP contribution in [0, 0.1) is 19.7 Å². The summed E-state index contributed by atoms with van der Waals surface area (Å²) in [6.45, 7) is 5.73. The van der Waals surface area contributed by atoms with Crippen LogP contribution in [0.3, 0.4) is 0 Å². The molecule has 2 amide bonds. The maximum Gasteiger partial charge on any atom is 0.261 e. The highest BCUT2D eigenvalue weighted by Gasteiger charge is 2.28. The van der Waals surface area contributed by atoms with Gasteiger partial charge in [-0.05, 0) is 61.2 Å². The van der Waals surface area contributed by atoms with Gasteiger partial charge in [0, 0.05) is 18.1 Å². The number of carbonyl (C=O) groups is 2. The first kappa shape index (κ1) is 22.9. The van der Waals surface area contributed by atoms with Crippen LogP contribution in [0.1, 0.15) is 30.0 Å². The van der Waals surface area contributed by atoms with Crippen LogP contribution in [0.25, 0.3) is 0 Å². The van der Waals surface area contributed by atoms with E-state index in [1.54, 1.807) is 12.1 Å². The minimum Gasteiger partial charge on any atom is -0.484 e. The van der Waals surface area contributed by atoms with E-state index in [-0.39, 0.29) is 30.8 Å². The standard InChI is InChI=1S/C22H26BrFN2O3/c1-5-19(22(28)25-4)26(12-16-6-8-17(24)9-7-16)20(27)13-29-18-10-14(2)21(23)15(3)11-18/h6-11,19H,5,12-13H2,1-4H3,(H,25,28)/t19-/m0/s1. The topological polar surface area (TPSA) is 58.6 Å². The average Bonchev–Trinajstić information content (AvgIpc) is 2.71. The number of ether oxygens (including phenoxy) is 1. The predicted octanol–water partition coefficient (Wildman–Crippen LogP) is 4.14. The highest BCUT2D eigenvalue weighted by atomic mass is 79.9. The minimum atomic E-state index is -0.644. The molecule has 0 unspecified atom stereocenters. The lowest BCUT2D eigenvalue weighted by molar-refractivity contribution is -0.142. The second-order valence-corrected chi connectivity index (χ2v) is 7.64. The first-order chi connectivity index (χ1) is 13.8. The zero-order valence-electron chi connectivity index (χ0n) is 17.1. The van der Waals surface area contributed by atoms with Crippen LogP contribution in [-0.2, 0) is 16.1 Å². The molecule has 2 aromatic carbocycles. The average molecular weight is 465 g/mol. The van der Waals surface area contributed by atoms with Crippen LogP contribution >= 0.6 is 15.9 Å². The van der Waals surface area contributed by atoms with E-state index in [4.69, 9.17) is 4.74 Å². The molecule has 1 N–H and O–H groups in total. The number of likely N-dealkylation sites (N-methyl/N-ethyl adjacent to an activating group) is 1. The number of nitrogens with one attached hydrogen (secondary N) is 1. The normalized spacial score (nSPS) is 11.7. The number of aryl methyl sites for hydroxylation is 2. The number of rotatable bonds is 8. The maximum atomic E-state index is 13.2. The summed E-state index contributed by atoms with van der Waals surface area (Å²) in [5.74, 6) is -0.332. The van der Waals surface area contributed by atoms with E-state index >= 15 is 0 Å². The first-order valence-corrected chi connectivity index (χ1v) is 10.2.